The molecule has 0 amide bonds. The van der Waals surface area contributed by atoms with E-state index in [4.69, 9.17) is 20.9 Å². The Morgan fingerprint density at radius 1 is 1.04 bits per heavy atom. The Morgan fingerprint density at radius 3 is 2.22 bits per heavy atom. The summed E-state index contributed by atoms with van der Waals surface area (Å²) in [7, 11) is 0. The zero-order chi connectivity index (χ0) is 20.5. The van der Waals surface area contributed by atoms with Crippen LogP contribution in [0.15, 0.2) is 0 Å². The lowest BCUT2D eigenvalue weighted by Crippen LogP contribution is -2.68. The van der Waals surface area contributed by atoms with Crippen molar-refractivity contribution in [2.45, 2.75) is 94.3 Å². The van der Waals surface area contributed by atoms with Crippen LogP contribution in [-0.2, 0) is 9.47 Å². The molecular formula is C17H35N3O7. The van der Waals surface area contributed by atoms with Crippen molar-refractivity contribution in [3.05, 3.63) is 0 Å². The summed E-state index contributed by atoms with van der Waals surface area (Å²) >= 11 is 0. The molecule has 160 valence electrons. The van der Waals surface area contributed by atoms with E-state index in [2.05, 4.69) is 5.32 Å². The first kappa shape index (κ1) is 22.9. The summed E-state index contributed by atoms with van der Waals surface area (Å²) < 4.78 is 11.2. The standard InChI is InChI=1S/C17H35N3O7/c1-6(2)5-20-9-4-8(18)16(13(24)11(9)22)27-17-10(19)12(23)14(25)15(26-17)7(3)21/h6-17,20-25H,4-5,18-19H2,1-3H3/t7?,8?,9?,10?,11-,12?,13+,14-,15?,16+,17+/m0/s1. The van der Waals surface area contributed by atoms with Gasteiger partial charge in [0.15, 0.2) is 6.29 Å². The first-order valence-corrected chi connectivity index (χ1v) is 9.50. The molecule has 0 bridgehead atoms. The molecule has 10 heteroatoms. The van der Waals surface area contributed by atoms with Crippen molar-refractivity contribution in [1.82, 2.24) is 5.32 Å². The molecule has 1 heterocycles. The molecule has 0 spiro atoms. The molecular weight excluding hydrogens is 358 g/mol. The van der Waals surface area contributed by atoms with Crippen LogP contribution in [0, 0.1) is 5.92 Å². The first-order valence-electron chi connectivity index (χ1n) is 9.50. The SMILES string of the molecule is CC(C)CNC1CC(N)[C@@H](O[C@H]2OC(C(C)O)[C@@H](O)C(O)C2N)[C@H](O)[C@H]1O. The van der Waals surface area contributed by atoms with Gasteiger partial charge in [-0.05, 0) is 25.8 Å². The quantitative estimate of drug-likeness (QED) is 0.226. The van der Waals surface area contributed by atoms with Crippen molar-refractivity contribution in [2.75, 3.05) is 6.54 Å². The maximum absolute atomic E-state index is 10.5. The monoisotopic (exact) mass is 393 g/mol. The number of rotatable bonds is 6. The van der Waals surface area contributed by atoms with Crippen LogP contribution in [-0.4, -0.2) is 99.2 Å². The van der Waals surface area contributed by atoms with Gasteiger partial charge in [-0.2, -0.15) is 0 Å². The maximum atomic E-state index is 10.5. The minimum atomic E-state index is -1.38. The van der Waals surface area contributed by atoms with Crippen LogP contribution in [0.1, 0.15) is 27.2 Å². The van der Waals surface area contributed by atoms with E-state index in [1.165, 1.54) is 6.92 Å². The molecule has 10 nitrogen and oxygen atoms in total. The van der Waals surface area contributed by atoms with Crippen molar-refractivity contribution in [3.8, 4) is 0 Å². The number of hydrogen-bond donors (Lipinski definition) is 8. The molecule has 2 fully saturated rings. The molecule has 0 aromatic heterocycles. The van der Waals surface area contributed by atoms with E-state index in [9.17, 15) is 25.5 Å². The van der Waals surface area contributed by atoms with Gasteiger partial charge in [-0.25, -0.2) is 0 Å². The second-order valence-electron chi connectivity index (χ2n) is 8.16. The zero-order valence-corrected chi connectivity index (χ0v) is 16.0. The smallest absolute Gasteiger partial charge is 0.176 e. The van der Waals surface area contributed by atoms with Gasteiger partial charge in [0.1, 0.15) is 30.5 Å². The molecule has 1 aliphatic carbocycles. The van der Waals surface area contributed by atoms with Gasteiger partial charge in [-0.15, -0.1) is 0 Å². The highest BCUT2D eigenvalue weighted by Crippen LogP contribution is 2.28. The highest BCUT2D eigenvalue weighted by molar-refractivity contribution is 5.00. The van der Waals surface area contributed by atoms with Gasteiger partial charge in [0, 0.05) is 12.1 Å². The second kappa shape index (κ2) is 9.40. The van der Waals surface area contributed by atoms with Gasteiger partial charge in [0.25, 0.3) is 0 Å². The third-order valence-electron chi connectivity index (χ3n) is 5.29. The number of nitrogens with two attached hydrogens (primary N) is 2. The van der Waals surface area contributed by atoms with Gasteiger partial charge in [-0.3, -0.25) is 0 Å². The summed E-state index contributed by atoms with van der Waals surface area (Å²) in [5.41, 5.74) is 12.0. The highest BCUT2D eigenvalue weighted by Gasteiger charge is 2.49. The predicted octanol–water partition coefficient (Wildman–Crippen LogP) is -3.41. The number of ether oxygens (including phenoxy) is 2. The molecule has 10 N–H and O–H groups in total. The molecule has 6 unspecified atom stereocenters. The zero-order valence-electron chi connectivity index (χ0n) is 16.0. The molecule has 0 aromatic rings. The van der Waals surface area contributed by atoms with E-state index in [0.717, 1.165) is 0 Å². The van der Waals surface area contributed by atoms with E-state index in [1.54, 1.807) is 0 Å². The van der Waals surface area contributed by atoms with Crippen LogP contribution < -0.4 is 16.8 Å². The Labute approximate surface area is 159 Å². The van der Waals surface area contributed by atoms with E-state index in [1.807, 2.05) is 13.8 Å². The van der Waals surface area contributed by atoms with Crippen LogP contribution in [0.5, 0.6) is 0 Å². The topological polar surface area (TPSA) is 184 Å². The number of nitrogens with one attached hydrogen (secondary N) is 1. The van der Waals surface area contributed by atoms with E-state index in [-0.39, 0.29) is 6.04 Å². The summed E-state index contributed by atoms with van der Waals surface area (Å²) in [5.74, 6) is 0.374. The number of aliphatic hydroxyl groups is 5. The van der Waals surface area contributed by atoms with Gasteiger partial charge in [-0.1, -0.05) is 13.8 Å². The fourth-order valence-electron chi connectivity index (χ4n) is 3.61. The summed E-state index contributed by atoms with van der Waals surface area (Å²) in [5, 5.41) is 54.0. The van der Waals surface area contributed by atoms with E-state index < -0.39 is 61.1 Å². The van der Waals surface area contributed by atoms with Crippen molar-refractivity contribution in [1.29, 1.82) is 0 Å². The van der Waals surface area contributed by atoms with Crippen LogP contribution in [0.3, 0.4) is 0 Å². The number of aliphatic hydroxyl groups excluding tert-OH is 5. The maximum Gasteiger partial charge on any atom is 0.176 e. The molecule has 2 rings (SSSR count). The molecule has 1 saturated carbocycles. The Hall–Kier alpha value is -0.400. The molecule has 1 saturated heterocycles. The number of hydrogen-bond acceptors (Lipinski definition) is 10. The summed E-state index contributed by atoms with van der Waals surface area (Å²) in [6.45, 7) is 6.14. The van der Waals surface area contributed by atoms with Gasteiger partial charge < -0.3 is 51.8 Å². The highest BCUT2D eigenvalue weighted by atomic mass is 16.7. The van der Waals surface area contributed by atoms with Crippen LogP contribution in [0.4, 0.5) is 0 Å². The lowest BCUT2D eigenvalue weighted by molar-refractivity contribution is -0.301. The Morgan fingerprint density at radius 2 is 1.67 bits per heavy atom. The minimum absolute atomic E-state index is 0.364. The molecule has 1 aliphatic heterocycles. The Balaban J connectivity index is 2.05. The molecule has 0 radical (unpaired) electrons. The normalized spacial score (nSPS) is 47.2. The Bertz CT molecular complexity index is 470. The van der Waals surface area contributed by atoms with E-state index in [0.29, 0.717) is 18.9 Å². The average molecular weight is 393 g/mol. The fraction of sp³-hybridized carbons (Fsp3) is 1.00. The van der Waals surface area contributed by atoms with Crippen LogP contribution in [0.2, 0.25) is 0 Å². The third kappa shape index (κ3) is 5.15. The van der Waals surface area contributed by atoms with E-state index >= 15 is 0 Å². The van der Waals surface area contributed by atoms with Crippen molar-refractivity contribution in [3.63, 3.8) is 0 Å². The van der Waals surface area contributed by atoms with Crippen molar-refractivity contribution >= 4 is 0 Å². The predicted molar refractivity (Wildman–Crippen MR) is 96.4 cm³/mol. The van der Waals surface area contributed by atoms with Crippen LogP contribution in [0.25, 0.3) is 0 Å². The van der Waals surface area contributed by atoms with Crippen molar-refractivity contribution < 1.29 is 35.0 Å². The van der Waals surface area contributed by atoms with Gasteiger partial charge >= 0.3 is 0 Å². The molecule has 2 aliphatic rings. The van der Waals surface area contributed by atoms with Gasteiger partial charge in [0.2, 0.25) is 0 Å². The largest absolute Gasteiger partial charge is 0.391 e. The second-order valence-corrected chi connectivity index (χ2v) is 8.16. The molecule has 0 aromatic carbocycles. The fourth-order valence-corrected chi connectivity index (χ4v) is 3.61. The third-order valence-corrected chi connectivity index (χ3v) is 5.29. The first-order chi connectivity index (χ1) is 12.5. The Kier molecular flexibility index (Phi) is 7.97. The lowest BCUT2D eigenvalue weighted by Gasteiger charge is -2.47. The lowest BCUT2D eigenvalue weighted by atomic mass is 9.83. The average Bonchev–Trinajstić information content (AvgIpc) is 2.59. The summed E-state index contributed by atoms with van der Waals surface area (Å²) in [6.07, 6.45) is -9.15. The van der Waals surface area contributed by atoms with Gasteiger partial charge in [0.05, 0.1) is 18.2 Å². The molecule has 11 atom stereocenters. The van der Waals surface area contributed by atoms with Crippen molar-refractivity contribution in [2.24, 2.45) is 17.4 Å². The molecule has 27 heavy (non-hydrogen) atoms. The summed E-state index contributed by atoms with van der Waals surface area (Å²) in [6, 6.07) is -2.10. The van der Waals surface area contributed by atoms with Crippen LogP contribution >= 0.6 is 0 Å². The summed E-state index contributed by atoms with van der Waals surface area (Å²) in [4.78, 5) is 0. The minimum Gasteiger partial charge on any atom is -0.391 e.